The fourth-order valence-electron chi connectivity index (χ4n) is 4.99. The van der Waals surface area contributed by atoms with Crippen molar-refractivity contribution in [3.05, 3.63) is 71.9 Å². The summed E-state index contributed by atoms with van der Waals surface area (Å²) in [6.45, 7) is 2.66. The molecule has 2 atom stereocenters. The number of carbonyl (C=O) groups excluding carboxylic acids is 1. The summed E-state index contributed by atoms with van der Waals surface area (Å²) in [5.41, 5.74) is 10.0. The molecular weight excluding hydrogens is 360 g/mol. The minimum atomic E-state index is 0.123. The predicted molar refractivity (Wildman–Crippen MR) is 115 cm³/mol. The van der Waals surface area contributed by atoms with Crippen molar-refractivity contribution < 1.29 is 4.79 Å². The second-order valence-corrected chi connectivity index (χ2v) is 8.40. The molecule has 5 nitrogen and oxygen atoms in total. The van der Waals surface area contributed by atoms with E-state index in [-0.39, 0.29) is 5.91 Å². The van der Waals surface area contributed by atoms with Gasteiger partial charge in [0.1, 0.15) is 5.69 Å². The first-order valence-electron chi connectivity index (χ1n) is 10.7. The van der Waals surface area contributed by atoms with Gasteiger partial charge in [-0.1, -0.05) is 48.5 Å². The molecule has 0 spiro atoms. The maximum absolute atomic E-state index is 13.0. The summed E-state index contributed by atoms with van der Waals surface area (Å²) < 4.78 is 0. The van der Waals surface area contributed by atoms with Crippen LogP contribution in [0.15, 0.2) is 60.7 Å². The molecule has 1 aromatic heterocycles. The molecule has 0 saturated carbocycles. The van der Waals surface area contributed by atoms with Crippen LogP contribution >= 0.6 is 0 Å². The number of likely N-dealkylation sites (tertiary alicyclic amines) is 1. The number of hydrazine groups is 1. The normalized spacial score (nSPS) is 23.0. The number of aromatic nitrogens is 1. The smallest absolute Gasteiger partial charge is 0.270 e. The molecule has 2 aliphatic rings. The topological polar surface area (TPSA) is 60.2 Å². The number of hydrogen-bond acceptors (Lipinski definition) is 3. The van der Waals surface area contributed by atoms with Crippen LogP contribution in [-0.2, 0) is 6.42 Å². The Morgan fingerprint density at radius 3 is 2.55 bits per heavy atom. The van der Waals surface area contributed by atoms with Crippen LogP contribution in [0.5, 0.6) is 0 Å². The van der Waals surface area contributed by atoms with Gasteiger partial charge < -0.3 is 9.88 Å². The lowest BCUT2D eigenvalue weighted by Gasteiger charge is -2.36. The Morgan fingerprint density at radius 2 is 1.76 bits per heavy atom. The largest absolute Gasteiger partial charge is 0.351 e. The lowest BCUT2D eigenvalue weighted by molar-refractivity contribution is 0.0658. The first-order valence-corrected chi connectivity index (χ1v) is 10.7. The van der Waals surface area contributed by atoms with E-state index in [0.717, 1.165) is 49.8 Å². The molecule has 2 aliphatic heterocycles. The molecule has 5 heteroatoms. The second kappa shape index (κ2) is 8.01. The van der Waals surface area contributed by atoms with Gasteiger partial charge in [-0.3, -0.25) is 15.6 Å². The molecule has 0 bridgehead atoms. The van der Waals surface area contributed by atoms with Gasteiger partial charge >= 0.3 is 0 Å². The van der Waals surface area contributed by atoms with Crippen molar-refractivity contribution in [2.45, 2.75) is 25.3 Å². The summed E-state index contributed by atoms with van der Waals surface area (Å²) in [5.74, 6) is 1.32. The van der Waals surface area contributed by atoms with Gasteiger partial charge in [-0.15, -0.1) is 0 Å². The van der Waals surface area contributed by atoms with Crippen molar-refractivity contribution in [3.63, 3.8) is 0 Å². The Bertz CT molecular complexity index is 942. The van der Waals surface area contributed by atoms with E-state index < -0.39 is 0 Å². The summed E-state index contributed by atoms with van der Waals surface area (Å²) in [4.78, 5) is 18.3. The zero-order valence-electron chi connectivity index (χ0n) is 16.6. The number of para-hydroxylation sites is 1. The average Bonchev–Trinajstić information content (AvgIpc) is 3.41. The summed E-state index contributed by atoms with van der Waals surface area (Å²) in [5, 5.41) is 1.09. The van der Waals surface area contributed by atoms with Crippen molar-refractivity contribution in [3.8, 4) is 0 Å². The quantitative estimate of drug-likeness (QED) is 0.642. The van der Waals surface area contributed by atoms with Gasteiger partial charge in [0.2, 0.25) is 0 Å². The van der Waals surface area contributed by atoms with Gasteiger partial charge in [-0.25, -0.2) is 0 Å². The highest BCUT2D eigenvalue weighted by molar-refractivity contribution is 5.98. The maximum atomic E-state index is 13.0. The lowest BCUT2D eigenvalue weighted by Crippen LogP contribution is -2.46. The third-order valence-corrected chi connectivity index (χ3v) is 6.58. The van der Waals surface area contributed by atoms with Gasteiger partial charge in [0.05, 0.1) is 0 Å². The Kier molecular flexibility index (Phi) is 5.08. The number of piperidine rings is 1. The third kappa shape index (κ3) is 3.80. The molecule has 29 heavy (non-hydrogen) atoms. The molecule has 2 unspecified atom stereocenters. The number of aromatic amines is 1. The van der Waals surface area contributed by atoms with Gasteiger partial charge in [0, 0.05) is 36.6 Å². The van der Waals surface area contributed by atoms with Crippen LogP contribution in [-0.4, -0.2) is 41.5 Å². The molecule has 0 radical (unpaired) electrons. The number of nitrogens with one attached hydrogen (secondary N) is 3. The Labute approximate surface area is 171 Å². The van der Waals surface area contributed by atoms with E-state index >= 15 is 0 Å². The summed E-state index contributed by atoms with van der Waals surface area (Å²) in [7, 11) is 0. The highest BCUT2D eigenvalue weighted by atomic mass is 16.2. The van der Waals surface area contributed by atoms with Crippen molar-refractivity contribution in [1.82, 2.24) is 20.7 Å². The molecule has 0 aliphatic carbocycles. The standard InChI is InChI=1S/C24H28N4O/c29-24(22-15-19-8-4-5-9-21(19)26-22)28-12-10-18(11-13-28)23-20(16-25-27-23)14-17-6-2-1-3-7-17/h1-9,15,18,20,23,25-27H,10-14,16H2. The fourth-order valence-corrected chi connectivity index (χ4v) is 4.99. The number of benzene rings is 2. The van der Waals surface area contributed by atoms with Crippen molar-refractivity contribution in [2.24, 2.45) is 11.8 Å². The minimum absolute atomic E-state index is 0.123. The highest BCUT2D eigenvalue weighted by Gasteiger charge is 2.36. The number of H-pyrrole nitrogens is 1. The molecule has 2 saturated heterocycles. The Balaban J connectivity index is 1.21. The van der Waals surface area contributed by atoms with Gasteiger partial charge in [-0.2, -0.15) is 0 Å². The molecule has 150 valence electrons. The maximum Gasteiger partial charge on any atom is 0.270 e. The zero-order valence-corrected chi connectivity index (χ0v) is 16.6. The van der Waals surface area contributed by atoms with Crippen molar-refractivity contribution in [2.75, 3.05) is 19.6 Å². The fraction of sp³-hybridized carbons (Fsp3) is 0.375. The first kappa shape index (κ1) is 18.4. The SMILES string of the molecule is O=C(c1cc2ccccc2[nH]1)N1CCC(C2NNCC2Cc2ccccc2)CC1. The number of hydrogen-bond donors (Lipinski definition) is 3. The molecule has 5 rings (SSSR count). The molecule has 3 aromatic rings. The number of amides is 1. The Morgan fingerprint density at radius 1 is 1.00 bits per heavy atom. The van der Waals surface area contributed by atoms with E-state index in [0.29, 0.717) is 23.6 Å². The van der Waals surface area contributed by atoms with E-state index in [9.17, 15) is 4.79 Å². The molecule has 2 aromatic carbocycles. The van der Waals surface area contributed by atoms with E-state index in [4.69, 9.17) is 0 Å². The predicted octanol–water partition coefficient (Wildman–Crippen LogP) is 3.36. The van der Waals surface area contributed by atoms with Crippen LogP contribution in [0.4, 0.5) is 0 Å². The van der Waals surface area contributed by atoms with Gasteiger partial charge in [-0.05, 0) is 48.8 Å². The third-order valence-electron chi connectivity index (χ3n) is 6.58. The molecule has 1 amide bonds. The van der Waals surface area contributed by atoms with E-state index in [2.05, 4.69) is 46.2 Å². The monoisotopic (exact) mass is 388 g/mol. The average molecular weight is 389 g/mol. The van der Waals surface area contributed by atoms with Crippen LogP contribution in [0, 0.1) is 11.8 Å². The second-order valence-electron chi connectivity index (χ2n) is 8.40. The number of rotatable bonds is 4. The van der Waals surface area contributed by atoms with Gasteiger partial charge in [0.15, 0.2) is 0 Å². The van der Waals surface area contributed by atoms with Crippen molar-refractivity contribution >= 4 is 16.8 Å². The summed E-state index contributed by atoms with van der Waals surface area (Å²) in [6, 6.07) is 21.3. The first-order chi connectivity index (χ1) is 14.3. The molecule has 2 fully saturated rings. The van der Waals surface area contributed by atoms with Crippen LogP contribution in [0.1, 0.15) is 28.9 Å². The van der Waals surface area contributed by atoms with E-state index in [1.807, 2.05) is 35.2 Å². The number of fused-ring (bicyclic) bond motifs is 1. The van der Waals surface area contributed by atoms with Crippen LogP contribution in [0.3, 0.4) is 0 Å². The Hall–Kier alpha value is -2.63. The van der Waals surface area contributed by atoms with Crippen molar-refractivity contribution in [1.29, 1.82) is 0 Å². The number of carbonyl (C=O) groups is 1. The molecular formula is C24H28N4O. The van der Waals surface area contributed by atoms with E-state index in [1.165, 1.54) is 5.56 Å². The summed E-state index contributed by atoms with van der Waals surface area (Å²) in [6.07, 6.45) is 3.20. The van der Waals surface area contributed by atoms with Crippen LogP contribution < -0.4 is 10.9 Å². The van der Waals surface area contributed by atoms with Crippen LogP contribution in [0.25, 0.3) is 10.9 Å². The highest BCUT2D eigenvalue weighted by Crippen LogP contribution is 2.29. The van der Waals surface area contributed by atoms with E-state index in [1.54, 1.807) is 0 Å². The molecule has 3 heterocycles. The zero-order chi connectivity index (χ0) is 19.6. The lowest BCUT2D eigenvalue weighted by atomic mass is 9.81. The van der Waals surface area contributed by atoms with Crippen LogP contribution in [0.2, 0.25) is 0 Å². The number of nitrogens with zero attached hydrogens (tertiary/aromatic N) is 1. The molecule has 3 N–H and O–H groups in total. The van der Waals surface area contributed by atoms with Gasteiger partial charge in [0.25, 0.3) is 5.91 Å². The minimum Gasteiger partial charge on any atom is -0.351 e. The summed E-state index contributed by atoms with van der Waals surface area (Å²) >= 11 is 0.